The molecule has 0 unspecified atom stereocenters. The average molecular weight is 699 g/mol. The molecule has 1 aliphatic rings. The number of hydrogen-bond donors (Lipinski definition) is 1. The van der Waals surface area contributed by atoms with E-state index in [2.05, 4.69) is 35.3 Å². The maximum atomic E-state index is 13.7. The van der Waals surface area contributed by atoms with Crippen molar-refractivity contribution in [3.8, 4) is 6.07 Å². The number of nitriles is 1. The van der Waals surface area contributed by atoms with Gasteiger partial charge in [-0.1, -0.05) is 18.2 Å². The summed E-state index contributed by atoms with van der Waals surface area (Å²) in [5.41, 5.74) is 1.32. The highest BCUT2D eigenvalue weighted by atomic mass is 79.9. The van der Waals surface area contributed by atoms with Crippen molar-refractivity contribution in [1.82, 2.24) is 19.7 Å². The number of methoxy groups -OCH3 is 1. The van der Waals surface area contributed by atoms with E-state index in [1.165, 1.54) is 28.7 Å². The number of aromatic nitrogens is 4. The number of nitrogens with one attached hydrogen (secondary N) is 1. The molecule has 0 amide bonds. The molecule has 0 fully saturated rings. The van der Waals surface area contributed by atoms with Gasteiger partial charge in [0.2, 0.25) is 5.95 Å². The molecule has 5 rings (SSSR count). The van der Waals surface area contributed by atoms with Crippen molar-refractivity contribution in [1.29, 1.82) is 5.26 Å². The number of anilines is 2. The van der Waals surface area contributed by atoms with Crippen LogP contribution in [0.4, 0.5) is 24.8 Å². The second-order valence-electron chi connectivity index (χ2n) is 11.4. The molecule has 46 heavy (non-hydrogen) atoms. The van der Waals surface area contributed by atoms with Gasteiger partial charge in [-0.05, 0) is 60.5 Å². The molecule has 1 atom stereocenters. The van der Waals surface area contributed by atoms with Crippen molar-refractivity contribution in [3.05, 3.63) is 117 Å². The van der Waals surface area contributed by atoms with E-state index in [4.69, 9.17) is 4.74 Å². The Hall–Kier alpha value is -4.74. The first kappa shape index (κ1) is 34.1. The maximum Gasteiger partial charge on any atom is 0.416 e. The van der Waals surface area contributed by atoms with E-state index in [9.17, 15) is 28.0 Å². The van der Waals surface area contributed by atoms with Crippen LogP contribution in [-0.2, 0) is 28.7 Å². The highest BCUT2D eigenvalue weighted by Crippen LogP contribution is 2.43. The molecule has 10 nitrogen and oxygen atoms in total. The minimum atomic E-state index is -4.62. The molecule has 2 aromatic carbocycles. The molecule has 0 bridgehead atoms. The highest BCUT2D eigenvalue weighted by molar-refractivity contribution is 5.93. The van der Waals surface area contributed by atoms with Crippen LogP contribution in [-0.4, -0.2) is 58.0 Å². The number of halogens is 4. The summed E-state index contributed by atoms with van der Waals surface area (Å²) in [4.78, 5) is 32.6. The topological polar surface area (TPSA) is 117 Å². The number of nitrogens with zero attached hydrogens (tertiary/aromatic N) is 6. The highest BCUT2D eigenvalue weighted by Gasteiger charge is 2.41. The van der Waals surface area contributed by atoms with Crippen LogP contribution >= 0.6 is 0 Å². The Labute approximate surface area is 273 Å². The van der Waals surface area contributed by atoms with Crippen molar-refractivity contribution >= 4 is 17.6 Å². The van der Waals surface area contributed by atoms with Gasteiger partial charge in [-0.3, -0.25) is 9.88 Å². The third kappa shape index (κ3) is 6.75. The smallest absolute Gasteiger partial charge is 0.416 e. The third-order valence-electron chi connectivity index (χ3n) is 7.85. The van der Waals surface area contributed by atoms with Crippen molar-refractivity contribution in [3.63, 3.8) is 0 Å². The molecule has 0 saturated heterocycles. The van der Waals surface area contributed by atoms with Crippen LogP contribution in [0.1, 0.15) is 40.9 Å². The summed E-state index contributed by atoms with van der Waals surface area (Å²) < 4.78 is 47.9. The summed E-state index contributed by atoms with van der Waals surface area (Å²) >= 11 is 0. The molecule has 1 N–H and O–H groups in total. The number of alkyl halides is 3. The number of allylic oxidation sites excluding steroid dienone is 1. The average Bonchev–Trinajstić information content (AvgIpc) is 3.39. The van der Waals surface area contributed by atoms with E-state index in [0.29, 0.717) is 40.7 Å². The molecule has 2 aromatic heterocycles. The lowest BCUT2D eigenvalue weighted by Crippen LogP contribution is -3.00. The minimum Gasteiger partial charge on any atom is -1.00 e. The zero-order chi connectivity index (χ0) is 32.5. The number of esters is 1. The molecular formula is C32H31BrF3N7O3. The van der Waals surface area contributed by atoms with E-state index in [0.717, 1.165) is 17.8 Å². The molecule has 14 heteroatoms. The number of likely N-dealkylation sites (N-methyl/N-ethyl adjacent to an activating group) is 1. The Morgan fingerprint density at radius 2 is 1.89 bits per heavy atom. The van der Waals surface area contributed by atoms with Gasteiger partial charge in [0.15, 0.2) is 0 Å². The van der Waals surface area contributed by atoms with Crippen molar-refractivity contribution in [2.24, 2.45) is 0 Å². The Morgan fingerprint density at radius 1 is 1.13 bits per heavy atom. The number of carbonyl (C=O) groups is 1. The monoisotopic (exact) mass is 697 g/mol. The molecular weight excluding hydrogens is 667 g/mol. The van der Waals surface area contributed by atoms with Crippen LogP contribution in [0.5, 0.6) is 0 Å². The Morgan fingerprint density at radius 3 is 2.54 bits per heavy atom. The van der Waals surface area contributed by atoms with Gasteiger partial charge in [0.25, 0.3) is 0 Å². The second-order valence-corrected chi connectivity index (χ2v) is 11.4. The van der Waals surface area contributed by atoms with Crippen LogP contribution < -0.4 is 27.6 Å². The number of pyridine rings is 1. The molecule has 4 aromatic rings. The standard InChI is InChI=1S/C32H30F3N7O3.BrH/c1-20-27(29(43)45-4)28(41-30(38-39-31(41)44)40(20)25-10-7-8-23(17-25)32(33,34)35)26-12-11-21(18-36)16-22(26)13-15-42(2,3)19-24-9-5-6-14-37-24;/h5-12,14,16-17,28H,13,15,19H2,1-4H3;1H/t28-;/m1./s1. The first-order valence-electron chi connectivity index (χ1n) is 14.0. The van der Waals surface area contributed by atoms with Crippen LogP contribution in [0.25, 0.3) is 0 Å². The number of rotatable bonds is 8. The van der Waals surface area contributed by atoms with Crippen LogP contribution in [0.15, 0.2) is 82.9 Å². The molecule has 0 radical (unpaired) electrons. The number of aromatic amines is 1. The van der Waals surface area contributed by atoms with E-state index in [1.54, 1.807) is 31.3 Å². The molecule has 3 heterocycles. The van der Waals surface area contributed by atoms with Gasteiger partial charge in [-0.2, -0.15) is 18.4 Å². The predicted octanol–water partition coefficient (Wildman–Crippen LogP) is 1.87. The van der Waals surface area contributed by atoms with E-state index in [-0.39, 0.29) is 39.9 Å². The summed E-state index contributed by atoms with van der Waals surface area (Å²) in [5.74, 6) is -0.772. The van der Waals surface area contributed by atoms with Gasteiger partial charge in [0, 0.05) is 24.0 Å². The number of H-pyrrole nitrogens is 1. The molecule has 240 valence electrons. The van der Waals surface area contributed by atoms with Crippen LogP contribution in [0.3, 0.4) is 0 Å². The summed E-state index contributed by atoms with van der Waals surface area (Å²) in [6.07, 6.45) is -2.42. The van der Waals surface area contributed by atoms with E-state index < -0.39 is 29.4 Å². The minimum absolute atomic E-state index is 0. The molecule has 0 saturated carbocycles. The Kier molecular flexibility index (Phi) is 9.88. The third-order valence-corrected chi connectivity index (χ3v) is 7.85. The zero-order valence-electron chi connectivity index (χ0n) is 25.5. The maximum absolute atomic E-state index is 13.7. The number of benzene rings is 2. The fourth-order valence-electron chi connectivity index (χ4n) is 5.67. The first-order chi connectivity index (χ1) is 21.3. The van der Waals surface area contributed by atoms with Crippen molar-refractivity contribution < 1.29 is 44.2 Å². The number of ether oxygens (including phenoxy) is 1. The van der Waals surface area contributed by atoms with Gasteiger partial charge >= 0.3 is 17.8 Å². The number of carbonyl (C=O) groups excluding carboxylic acids is 1. The predicted molar refractivity (Wildman–Crippen MR) is 159 cm³/mol. The first-order valence-corrected chi connectivity index (χ1v) is 14.0. The van der Waals surface area contributed by atoms with Gasteiger partial charge in [0.1, 0.15) is 12.6 Å². The van der Waals surface area contributed by atoms with Gasteiger partial charge in [-0.25, -0.2) is 19.3 Å². The van der Waals surface area contributed by atoms with Gasteiger partial charge in [-0.15, -0.1) is 5.10 Å². The fraction of sp³-hybridized carbons (Fsp3) is 0.281. The van der Waals surface area contributed by atoms with Crippen molar-refractivity contribution in [2.75, 3.05) is 32.6 Å². The van der Waals surface area contributed by atoms with Gasteiger partial charge in [0.05, 0.1) is 56.2 Å². The fourth-order valence-corrected chi connectivity index (χ4v) is 5.67. The molecule has 0 aliphatic carbocycles. The van der Waals surface area contributed by atoms with Crippen LogP contribution in [0, 0.1) is 11.3 Å². The zero-order valence-corrected chi connectivity index (χ0v) is 27.1. The Balaban J connectivity index is 0.00000480. The van der Waals surface area contributed by atoms with E-state index in [1.807, 2.05) is 18.2 Å². The second kappa shape index (κ2) is 13.3. The lowest BCUT2D eigenvalue weighted by molar-refractivity contribution is -0.903. The largest absolute Gasteiger partial charge is 1.00 e. The quantitative estimate of drug-likeness (QED) is 0.221. The number of fused-ring (bicyclic) bond motifs is 1. The van der Waals surface area contributed by atoms with Crippen molar-refractivity contribution in [2.45, 2.75) is 32.1 Å². The number of hydrogen-bond acceptors (Lipinski definition) is 7. The van der Waals surface area contributed by atoms with Gasteiger partial charge < -0.3 is 26.2 Å². The molecule has 0 spiro atoms. The lowest BCUT2D eigenvalue weighted by atomic mass is 9.89. The summed E-state index contributed by atoms with van der Waals surface area (Å²) in [5, 5.41) is 16.3. The SMILES string of the molecule is COC(=O)C1=C(C)N(c2cccc(C(F)(F)F)c2)c2n[nH]c(=O)n2[C@@H]1c1ccc(C#N)cc1CC[N+](C)(C)Cc1ccccn1.[Br-]. The summed E-state index contributed by atoms with van der Waals surface area (Å²) in [6, 6.07) is 16.4. The number of quaternary nitrogens is 1. The van der Waals surface area contributed by atoms with E-state index >= 15 is 0 Å². The summed E-state index contributed by atoms with van der Waals surface area (Å²) in [7, 11) is 5.30. The summed E-state index contributed by atoms with van der Waals surface area (Å²) in [6.45, 7) is 2.82. The lowest BCUT2D eigenvalue weighted by Gasteiger charge is -2.36. The molecule has 1 aliphatic heterocycles. The Bertz CT molecular complexity index is 1880. The van der Waals surface area contributed by atoms with Crippen LogP contribution in [0.2, 0.25) is 0 Å². The normalized spacial score (nSPS) is 14.7.